The van der Waals surface area contributed by atoms with Gasteiger partial charge in [-0.25, -0.2) is 4.98 Å². The zero-order valence-electron chi connectivity index (χ0n) is 17.3. The number of aromatic nitrogens is 1. The van der Waals surface area contributed by atoms with E-state index in [-0.39, 0.29) is 0 Å². The first-order chi connectivity index (χ1) is 14.5. The molecule has 6 heteroatoms. The number of aliphatic carboxylic acids is 1. The molecular formula is C24H26N2O4. The molecular weight excluding hydrogens is 380 g/mol. The lowest BCUT2D eigenvalue weighted by Gasteiger charge is -2.21. The van der Waals surface area contributed by atoms with Crippen LogP contribution < -0.4 is 4.74 Å². The molecule has 2 aromatic carbocycles. The molecule has 4 rings (SSSR count). The molecule has 1 atom stereocenters. The minimum atomic E-state index is -0.745. The van der Waals surface area contributed by atoms with E-state index in [1.165, 1.54) is 5.56 Å². The fourth-order valence-corrected chi connectivity index (χ4v) is 3.80. The van der Waals surface area contributed by atoms with Crippen LogP contribution in [0, 0.1) is 13.8 Å². The maximum Gasteiger partial charge on any atom is 0.320 e. The number of carboxylic acid groups (broad SMARTS) is 1. The molecule has 0 saturated carbocycles. The highest BCUT2D eigenvalue weighted by atomic mass is 16.5. The number of likely N-dealkylation sites (tertiary alicyclic amines) is 1. The van der Waals surface area contributed by atoms with Crippen molar-refractivity contribution in [1.29, 1.82) is 0 Å². The van der Waals surface area contributed by atoms with E-state index in [1.54, 1.807) is 0 Å². The van der Waals surface area contributed by atoms with Crippen LogP contribution in [0.25, 0.3) is 11.5 Å². The van der Waals surface area contributed by atoms with Gasteiger partial charge in [0.1, 0.15) is 29.9 Å². The summed E-state index contributed by atoms with van der Waals surface area (Å²) in [7, 11) is 0. The van der Waals surface area contributed by atoms with E-state index in [0.717, 1.165) is 41.3 Å². The van der Waals surface area contributed by atoms with E-state index in [0.29, 0.717) is 25.5 Å². The first-order valence-electron chi connectivity index (χ1n) is 10.2. The fraction of sp³-hybridized carbons (Fsp3) is 0.333. The van der Waals surface area contributed by atoms with Gasteiger partial charge in [0.15, 0.2) is 0 Å². The van der Waals surface area contributed by atoms with E-state index in [4.69, 9.17) is 9.15 Å². The zero-order valence-corrected chi connectivity index (χ0v) is 17.3. The summed E-state index contributed by atoms with van der Waals surface area (Å²) in [5.74, 6) is 1.32. The maximum absolute atomic E-state index is 11.4. The van der Waals surface area contributed by atoms with E-state index in [2.05, 4.69) is 4.98 Å². The van der Waals surface area contributed by atoms with Crippen LogP contribution in [0.15, 0.2) is 52.9 Å². The molecule has 0 spiro atoms. The molecule has 3 aromatic rings. The van der Waals surface area contributed by atoms with Crippen LogP contribution in [-0.2, 0) is 17.9 Å². The van der Waals surface area contributed by atoms with E-state index in [1.807, 2.05) is 67.3 Å². The van der Waals surface area contributed by atoms with Gasteiger partial charge >= 0.3 is 5.97 Å². The van der Waals surface area contributed by atoms with Crippen LogP contribution in [-0.4, -0.2) is 33.5 Å². The lowest BCUT2D eigenvalue weighted by Crippen LogP contribution is -2.35. The van der Waals surface area contributed by atoms with Gasteiger partial charge in [0.2, 0.25) is 5.89 Å². The Balaban J connectivity index is 1.41. The van der Waals surface area contributed by atoms with Gasteiger partial charge in [0.25, 0.3) is 0 Å². The molecule has 156 valence electrons. The molecule has 2 heterocycles. The largest absolute Gasteiger partial charge is 0.487 e. The Morgan fingerprint density at radius 1 is 1.23 bits per heavy atom. The highest BCUT2D eigenvalue weighted by Crippen LogP contribution is 2.25. The number of rotatable bonds is 7. The van der Waals surface area contributed by atoms with Crippen LogP contribution in [0.2, 0.25) is 0 Å². The van der Waals surface area contributed by atoms with Crippen molar-refractivity contribution in [1.82, 2.24) is 9.88 Å². The van der Waals surface area contributed by atoms with Crippen molar-refractivity contribution in [3.8, 4) is 17.2 Å². The van der Waals surface area contributed by atoms with Crippen LogP contribution in [0.1, 0.15) is 35.4 Å². The number of nitrogens with zero attached hydrogens (tertiary/aromatic N) is 2. The normalized spacial score (nSPS) is 16.7. The molecule has 1 aromatic heterocycles. The second kappa shape index (κ2) is 8.71. The molecule has 1 N–H and O–H groups in total. The van der Waals surface area contributed by atoms with E-state index < -0.39 is 12.0 Å². The minimum Gasteiger partial charge on any atom is -0.487 e. The van der Waals surface area contributed by atoms with Gasteiger partial charge in [-0.15, -0.1) is 0 Å². The Hall–Kier alpha value is -3.12. The smallest absolute Gasteiger partial charge is 0.320 e. The quantitative estimate of drug-likeness (QED) is 0.619. The highest BCUT2D eigenvalue weighted by molar-refractivity contribution is 5.73. The predicted octanol–water partition coefficient (Wildman–Crippen LogP) is 4.59. The summed E-state index contributed by atoms with van der Waals surface area (Å²) in [6, 6.07) is 15.5. The fourth-order valence-electron chi connectivity index (χ4n) is 3.80. The van der Waals surface area contributed by atoms with Crippen LogP contribution in [0.3, 0.4) is 0 Å². The maximum atomic E-state index is 11.4. The van der Waals surface area contributed by atoms with Crippen molar-refractivity contribution < 1.29 is 19.1 Å². The van der Waals surface area contributed by atoms with Gasteiger partial charge in [-0.3, -0.25) is 9.69 Å². The first kappa shape index (κ1) is 20.2. The van der Waals surface area contributed by atoms with Crippen molar-refractivity contribution in [3.63, 3.8) is 0 Å². The lowest BCUT2D eigenvalue weighted by molar-refractivity contribution is -0.142. The molecule has 6 nitrogen and oxygen atoms in total. The standard InChI is InChI=1S/C24H26N2O4/c1-16-8-10-19(11-9-16)23-25-21(17(2)30-23)15-29-20-6-3-5-18(13-20)14-26-12-4-7-22(26)24(27)28/h3,5-6,8-11,13,22H,4,7,12,14-15H2,1-2H3,(H,27,28)/t22-/m0/s1. The van der Waals surface area contributed by atoms with Crippen molar-refractivity contribution in [2.75, 3.05) is 6.54 Å². The molecule has 0 unspecified atom stereocenters. The van der Waals surface area contributed by atoms with Gasteiger partial charge in [0.05, 0.1) is 0 Å². The summed E-state index contributed by atoms with van der Waals surface area (Å²) in [6.07, 6.45) is 1.63. The van der Waals surface area contributed by atoms with Crippen molar-refractivity contribution in [3.05, 3.63) is 71.1 Å². The Labute approximate surface area is 176 Å². The molecule has 0 bridgehead atoms. The average molecular weight is 406 g/mol. The number of ether oxygens (including phenoxy) is 1. The van der Waals surface area contributed by atoms with Crippen molar-refractivity contribution in [2.24, 2.45) is 0 Å². The number of carboxylic acids is 1. The number of aryl methyl sites for hydroxylation is 2. The van der Waals surface area contributed by atoms with Crippen molar-refractivity contribution >= 4 is 5.97 Å². The van der Waals surface area contributed by atoms with Crippen LogP contribution in [0.5, 0.6) is 5.75 Å². The van der Waals surface area contributed by atoms with E-state index >= 15 is 0 Å². The summed E-state index contributed by atoms with van der Waals surface area (Å²) in [4.78, 5) is 18.0. The summed E-state index contributed by atoms with van der Waals surface area (Å²) in [5, 5.41) is 9.37. The second-order valence-electron chi connectivity index (χ2n) is 7.79. The van der Waals surface area contributed by atoms with Crippen molar-refractivity contribution in [2.45, 2.75) is 45.9 Å². The number of hydrogen-bond acceptors (Lipinski definition) is 5. The predicted molar refractivity (Wildman–Crippen MR) is 113 cm³/mol. The first-order valence-corrected chi connectivity index (χ1v) is 10.2. The van der Waals surface area contributed by atoms with Gasteiger partial charge in [-0.1, -0.05) is 29.8 Å². The highest BCUT2D eigenvalue weighted by Gasteiger charge is 2.30. The Bertz CT molecular complexity index is 1030. The third kappa shape index (κ3) is 4.54. The molecule has 0 radical (unpaired) electrons. The molecule has 1 aliphatic heterocycles. The van der Waals surface area contributed by atoms with Crippen LogP contribution in [0.4, 0.5) is 0 Å². The Kier molecular flexibility index (Phi) is 5.86. The molecule has 1 aliphatic rings. The molecule has 1 fully saturated rings. The second-order valence-corrected chi connectivity index (χ2v) is 7.79. The third-order valence-electron chi connectivity index (χ3n) is 5.50. The summed E-state index contributed by atoms with van der Waals surface area (Å²) >= 11 is 0. The lowest BCUT2D eigenvalue weighted by atomic mass is 10.1. The average Bonchev–Trinajstić information content (AvgIpc) is 3.34. The van der Waals surface area contributed by atoms with E-state index in [9.17, 15) is 9.90 Å². The van der Waals surface area contributed by atoms with Gasteiger partial charge in [-0.2, -0.15) is 0 Å². The van der Waals surface area contributed by atoms with Crippen LogP contribution >= 0.6 is 0 Å². The monoisotopic (exact) mass is 406 g/mol. The number of carbonyl (C=O) groups is 1. The summed E-state index contributed by atoms with van der Waals surface area (Å²) in [6.45, 7) is 5.66. The molecule has 30 heavy (non-hydrogen) atoms. The summed E-state index contributed by atoms with van der Waals surface area (Å²) in [5.41, 5.74) is 3.93. The molecule has 1 saturated heterocycles. The Morgan fingerprint density at radius 3 is 2.80 bits per heavy atom. The minimum absolute atomic E-state index is 0.312. The SMILES string of the molecule is Cc1ccc(-c2nc(COc3cccc(CN4CCC[C@H]4C(=O)O)c3)c(C)o2)cc1. The van der Waals surface area contributed by atoms with Gasteiger partial charge < -0.3 is 14.3 Å². The Morgan fingerprint density at radius 2 is 2.03 bits per heavy atom. The third-order valence-corrected chi connectivity index (χ3v) is 5.50. The molecule has 0 aliphatic carbocycles. The number of oxazole rings is 1. The molecule has 0 amide bonds. The number of benzene rings is 2. The number of hydrogen-bond donors (Lipinski definition) is 1. The topological polar surface area (TPSA) is 75.8 Å². The zero-order chi connectivity index (χ0) is 21.1. The van der Waals surface area contributed by atoms with Gasteiger partial charge in [-0.05, 0) is 63.1 Å². The van der Waals surface area contributed by atoms with Gasteiger partial charge in [0, 0.05) is 12.1 Å². The summed E-state index contributed by atoms with van der Waals surface area (Å²) < 4.78 is 11.8.